The molecule has 7 heteroatoms. The van der Waals surface area contributed by atoms with Crippen LogP contribution in [0, 0.1) is 0 Å². The zero-order chi connectivity index (χ0) is 15.6. The van der Waals surface area contributed by atoms with Gasteiger partial charge in [0.25, 0.3) is 0 Å². The van der Waals surface area contributed by atoms with Gasteiger partial charge in [-0.25, -0.2) is 0 Å². The van der Waals surface area contributed by atoms with Crippen LogP contribution in [0.15, 0.2) is 24.3 Å². The van der Waals surface area contributed by atoms with Gasteiger partial charge in [0.2, 0.25) is 0 Å². The third kappa shape index (κ3) is 3.36. The molecule has 1 heterocycles. The van der Waals surface area contributed by atoms with Crippen molar-refractivity contribution in [3.05, 3.63) is 29.8 Å². The van der Waals surface area contributed by atoms with Crippen molar-refractivity contribution in [3.63, 3.8) is 0 Å². The van der Waals surface area contributed by atoms with Gasteiger partial charge in [-0.1, -0.05) is 18.6 Å². The fourth-order valence-corrected chi connectivity index (χ4v) is 4.30. The third-order valence-corrected chi connectivity index (χ3v) is 6.17. The number of benzene rings is 1. The van der Waals surface area contributed by atoms with E-state index in [1.54, 1.807) is 35.6 Å². The summed E-state index contributed by atoms with van der Waals surface area (Å²) in [6, 6.07) is 6.97. The van der Waals surface area contributed by atoms with Gasteiger partial charge in [0, 0.05) is 25.2 Å². The molecular formula is C14H21N3O2S2. The lowest BCUT2D eigenvalue weighted by molar-refractivity contribution is 0.268. The van der Waals surface area contributed by atoms with Crippen LogP contribution in [-0.2, 0) is 10.2 Å². The molecule has 1 aromatic carbocycles. The van der Waals surface area contributed by atoms with Gasteiger partial charge in [-0.15, -0.1) is 0 Å². The van der Waals surface area contributed by atoms with E-state index in [1.807, 2.05) is 6.92 Å². The minimum atomic E-state index is -3.49. The van der Waals surface area contributed by atoms with E-state index in [1.165, 1.54) is 4.31 Å². The van der Waals surface area contributed by atoms with Gasteiger partial charge >= 0.3 is 10.2 Å². The van der Waals surface area contributed by atoms with Crippen LogP contribution >= 0.6 is 12.2 Å². The summed E-state index contributed by atoms with van der Waals surface area (Å²) in [7, 11) is -1.92. The van der Waals surface area contributed by atoms with Crippen molar-refractivity contribution in [1.29, 1.82) is 0 Å². The van der Waals surface area contributed by atoms with E-state index in [0.717, 1.165) is 24.8 Å². The highest BCUT2D eigenvalue weighted by Crippen LogP contribution is 2.25. The molecule has 1 aromatic rings. The van der Waals surface area contributed by atoms with Crippen LogP contribution in [-0.4, -0.2) is 37.3 Å². The van der Waals surface area contributed by atoms with Crippen molar-refractivity contribution in [1.82, 2.24) is 4.31 Å². The highest BCUT2D eigenvalue weighted by Gasteiger charge is 2.32. The normalized spacial score (nSPS) is 20.2. The summed E-state index contributed by atoms with van der Waals surface area (Å²) in [4.78, 5) is 0.303. The van der Waals surface area contributed by atoms with Crippen LogP contribution in [0.2, 0.25) is 0 Å². The summed E-state index contributed by atoms with van der Waals surface area (Å²) in [5.74, 6) is 0. The van der Waals surface area contributed by atoms with E-state index in [0.29, 0.717) is 17.2 Å². The molecule has 1 aliphatic heterocycles. The molecule has 116 valence electrons. The molecular weight excluding hydrogens is 306 g/mol. The largest absolute Gasteiger partial charge is 0.389 e. The molecule has 1 unspecified atom stereocenters. The first-order valence-electron chi connectivity index (χ1n) is 6.99. The van der Waals surface area contributed by atoms with Crippen LogP contribution in [0.1, 0.15) is 31.7 Å². The minimum absolute atomic E-state index is 0.0436. The molecule has 2 rings (SSSR count). The van der Waals surface area contributed by atoms with Gasteiger partial charge in [0.15, 0.2) is 0 Å². The van der Waals surface area contributed by atoms with Crippen LogP contribution in [0.4, 0.5) is 5.69 Å². The molecule has 1 atom stereocenters. The Hall–Kier alpha value is -1.18. The molecule has 0 amide bonds. The van der Waals surface area contributed by atoms with Crippen molar-refractivity contribution in [3.8, 4) is 0 Å². The number of nitrogens with two attached hydrogens (primary N) is 1. The van der Waals surface area contributed by atoms with Gasteiger partial charge in [0.1, 0.15) is 4.99 Å². The van der Waals surface area contributed by atoms with Crippen molar-refractivity contribution in [2.24, 2.45) is 5.73 Å². The molecule has 1 saturated heterocycles. The Labute approximate surface area is 131 Å². The Morgan fingerprint density at radius 1 is 1.33 bits per heavy atom. The minimum Gasteiger partial charge on any atom is -0.389 e. The number of rotatable bonds is 4. The lowest BCUT2D eigenvalue weighted by Gasteiger charge is -2.35. The molecule has 0 aliphatic carbocycles. The highest BCUT2D eigenvalue weighted by molar-refractivity contribution is 7.90. The third-order valence-electron chi connectivity index (χ3n) is 3.90. The molecule has 1 fully saturated rings. The standard InChI is InChI=1S/C14H21N3O2S2/c1-11-5-3-4-10-17(11)21(18,19)16(2)13-8-6-12(7-9-13)14(15)20/h6-9,11H,3-5,10H2,1-2H3,(H2,15,20). The summed E-state index contributed by atoms with van der Waals surface area (Å²) in [5, 5.41) is 0. The van der Waals surface area contributed by atoms with Crippen molar-refractivity contribution < 1.29 is 8.42 Å². The number of hydrogen-bond acceptors (Lipinski definition) is 3. The molecule has 0 aromatic heterocycles. The Kier molecular flexibility index (Phi) is 4.85. The second-order valence-corrected chi connectivity index (χ2v) is 7.69. The Morgan fingerprint density at radius 3 is 2.48 bits per heavy atom. The summed E-state index contributed by atoms with van der Waals surface area (Å²) < 4.78 is 28.3. The maximum absolute atomic E-state index is 12.7. The van der Waals surface area contributed by atoms with Gasteiger partial charge in [-0.2, -0.15) is 12.7 Å². The number of thiocarbonyl (C=S) groups is 1. The number of anilines is 1. The van der Waals surface area contributed by atoms with Crippen molar-refractivity contribution in [2.75, 3.05) is 17.9 Å². The molecule has 0 saturated carbocycles. The number of nitrogens with zero attached hydrogens (tertiary/aromatic N) is 2. The summed E-state index contributed by atoms with van der Waals surface area (Å²) >= 11 is 4.90. The average Bonchev–Trinajstić information content (AvgIpc) is 2.46. The predicted octanol–water partition coefficient (Wildman–Crippen LogP) is 1.88. The quantitative estimate of drug-likeness (QED) is 0.858. The van der Waals surface area contributed by atoms with Gasteiger partial charge in [0.05, 0.1) is 5.69 Å². The van der Waals surface area contributed by atoms with E-state index in [4.69, 9.17) is 18.0 Å². The molecule has 1 aliphatic rings. The summed E-state index contributed by atoms with van der Waals surface area (Å²) in [5.41, 5.74) is 6.88. The highest BCUT2D eigenvalue weighted by atomic mass is 32.2. The maximum atomic E-state index is 12.7. The Morgan fingerprint density at radius 2 is 1.95 bits per heavy atom. The molecule has 0 bridgehead atoms. The van der Waals surface area contributed by atoms with E-state index < -0.39 is 10.2 Å². The van der Waals surface area contributed by atoms with Crippen LogP contribution in [0.5, 0.6) is 0 Å². The van der Waals surface area contributed by atoms with Crippen molar-refractivity contribution >= 4 is 33.1 Å². The predicted molar refractivity (Wildman–Crippen MR) is 89.7 cm³/mol. The van der Waals surface area contributed by atoms with Crippen molar-refractivity contribution in [2.45, 2.75) is 32.2 Å². The van der Waals surface area contributed by atoms with Gasteiger partial charge in [-0.3, -0.25) is 4.31 Å². The monoisotopic (exact) mass is 327 g/mol. The maximum Gasteiger partial charge on any atom is 0.304 e. The van der Waals surface area contributed by atoms with Gasteiger partial charge < -0.3 is 5.73 Å². The second kappa shape index (κ2) is 6.29. The fraction of sp³-hybridized carbons (Fsp3) is 0.500. The Balaban J connectivity index is 2.25. The molecule has 0 radical (unpaired) electrons. The van der Waals surface area contributed by atoms with E-state index in [2.05, 4.69) is 0 Å². The Bertz CT molecular complexity index is 614. The molecule has 5 nitrogen and oxygen atoms in total. The lowest BCUT2D eigenvalue weighted by Crippen LogP contribution is -2.48. The van der Waals surface area contributed by atoms with Gasteiger partial charge in [-0.05, 0) is 44.0 Å². The van der Waals surface area contributed by atoms with E-state index in [9.17, 15) is 8.42 Å². The summed E-state index contributed by atoms with van der Waals surface area (Å²) in [6.07, 6.45) is 2.91. The fourth-order valence-electron chi connectivity index (χ4n) is 2.54. The average molecular weight is 327 g/mol. The van der Waals surface area contributed by atoms with Crippen LogP contribution in [0.3, 0.4) is 0 Å². The molecule has 2 N–H and O–H groups in total. The number of piperidine rings is 1. The lowest BCUT2D eigenvalue weighted by atomic mass is 10.1. The zero-order valence-corrected chi connectivity index (χ0v) is 14.0. The molecule has 0 spiro atoms. The van der Waals surface area contributed by atoms with E-state index in [-0.39, 0.29) is 6.04 Å². The smallest absolute Gasteiger partial charge is 0.304 e. The van der Waals surface area contributed by atoms with Crippen LogP contribution < -0.4 is 10.0 Å². The number of hydrogen-bond donors (Lipinski definition) is 1. The topological polar surface area (TPSA) is 66.6 Å². The SMILES string of the molecule is CC1CCCCN1S(=O)(=O)N(C)c1ccc(C(N)=S)cc1. The summed E-state index contributed by atoms with van der Waals surface area (Å²) in [6.45, 7) is 2.54. The first-order valence-corrected chi connectivity index (χ1v) is 8.80. The van der Waals surface area contributed by atoms with Crippen LogP contribution in [0.25, 0.3) is 0 Å². The first-order chi connectivity index (χ1) is 9.84. The second-order valence-electron chi connectivity index (χ2n) is 5.34. The molecule has 21 heavy (non-hydrogen) atoms. The van der Waals surface area contributed by atoms with E-state index >= 15 is 0 Å². The zero-order valence-electron chi connectivity index (χ0n) is 12.3. The first kappa shape index (κ1) is 16.2.